The van der Waals surface area contributed by atoms with Crippen LogP contribution in [0.4, 0.5) is 0 Å². The van der Waals surface area contributed by atoms with Crippen LogP contribution in [0.25, 0.3) is 0 Å². The van der Waals surface area contributed by atoms with Crippen LogP contribution in [0.15, 0.2) is 10.9 Å². The Kier molecular flexibility index (Phi) is 4.17. The van der Waals surface area contributed by atoms with Crippen LogP contribution >= 0.6 is 0 Å². The Morgan fingerprint density at radius 2 is 2.12 bits per heavy atom. The summed E-state index contributed by atoms with van der Waals surface area (Å²) in [6.45, 7) is 7.84. The van der Waals surface area contributed by atoms with E-state index in [-0.39, 0.29) is 17.4 Å². The molecule has 1 fully saturated rings. The van der Waals surface area contributed by atoms with Crippen molar-refractivity contribution in [3.05, 3.63) is 44.9 Å². The lowest BCUT2D eigenvalue weighted by molar-refractivity contribution is -0.130. The number of hydrogen-bond acceptors (Lipinski definition) is 4. The van der Waals surface area contributed by atoms with Gasteiger partial charge < -0.3 is 9.88 Å². The average molecular weight is 355 g/mol. The molecule has 2 aromatic rings. The van der Waals surface area contributed by atoms with E-state index >= 15 is 0 Å². The van der Waals surface area contributed by atoms with Crippen molar-refractivity contribution >= 4 is 5.91 Å². The predicted octanol–water partition coefficient (Wildman–Crippen LogP) is 1.47. The summed E-state index contributed by atoms with van der Waals surface area (Å²) in [4.78, 5) is 34.3. The molecule has 26 heavy (non-hydrogen) atoms. The number of nitrogens with zero attached hydrogens (tertiary/aromatic N) is 4. The Hall–Kier alpha value is -2.44. The molecule has 7 nitrogen and oxygen atoms in total. The molecule has 0 spiro atoms. The number of nitrogens with one attached hydrogen (secondary N) is 1. The number of fused-ring (bicyclic) bond motifs is 3. The maximum absolute atomic E-state index is 12.7. The molecule has 2 aromatic heterocycles. The van der Waals surface area contributed by atoms with Crippen molar-refractivity contribution in [2.24, 2.45) is 5.92 Å². The zero-order valence-electron chi connectivity index (χ0n) is 15.6. The smallest absolute Gasteiger partial charge is 0.254 e. The van der Waals surface area contributed by atoms with E-state index < -0.39 is 0 Å². The Balaban J connectivity index is 1.47. The molecule has 2 aliphatic rings. The number of aryl methyl sites for hydroxylation is 4. The number of amides is 1. The van der Waals surface area contributed by atoms with Gasteiger partial charge in [-0.25, -0.2) is 4.98 Å². The van der Waals surface area contributed by atoms with Gasteiger partial charge in [-0.3, -0.25) is 14.3 Å². The first-order valence-corrected chi connectivity index (χ1v) is 9.31. The molecule has 0 unspecified atom stereocenters. The lowest BCUT2D eigenvalue weighted by atomic mass is 9.80. The second kappa shape index (κ2) is 6.37. The Bertz CT molecular complexity index is 913. The molecule has 2 atom stereocenters. The highest BCUT2D eigenvalue weighted by atomic mass is 16.2. The maximum atomic E-state index is 12.7. The van der Waals surface area contributed by atoms with Crippen molar-refractivity contribution < 1.29 is 4.79 Å². The van der Waals surface area contributed by atoms with Crippen LogP contribution in [0.3, 0.4) is 0 Å². The molecular weight excluding hydrogens is 330 g/mol. The third-order valence-electron chi connectivity index (χ3n) is 5.72. The minimum atomic E-state index is -0.0137. The van der Waals surface area contributed by atoms with E-state index in [1.54, 1.807) is 0 Å². The molecule has 4 rings (SSSR count). The summed E-state index contributed by atoms with van der Waals surface area (Å²) in [6, 6.07) is 2.03. The number of aromatic amines is 1. The molecule has 138 valence electrons. The number of carbonyl (C=O) groups excluding carboxylic acids is 1. The molecule has 3 heterocycles. The van der Waals surface area contributed by atoms with E-state index in [0.29, 0.717) is 31.3 Å². The van der Waals surface area contributed by atoms with Crippen LogP contribution in [0.2, 0.25) is 0 Å². The third-order valence-corrected chi connectivity index (χ3v) is 5.72. The lowest BCUT2D eigenvalue weighted by Gasteiger charge is -2.25. The van der Waals surface area contributed by atoms with Crippen molar-refractivity contribution in [3.8, 4) is 0 Å². The van der Waals surface area contributed by atoms with E-state index in [9.17, 15) is 9.59 Å². The van der Waals surface area contributed by atoms with Gasteiger partial charge in [-0.2, -0.15) is 5.10 Å². The fourth-order valence-corrected chi connectivity index (χ4v) is 4.45. The van der Waals surface area contributed by atoms with Crippen LogP contribution in [-0.4, -0.2) is 43.6 Å². The van der Waals surface area contributed by atoms with E-state index in [4.69, 9.17) is 0 Å². The van der Waals surface area contributed by atoms with Crippen LogP contribution in [0, 0.1) is 26.7 Å². The first kappa shape index (κ1) is 17.0. The molecular formula is C19H25N5O2. The largest absolute Gasteiger partial charge is 0.342 e. The van der Waals surface area contributed by atoms with E-state index in [2.05, 4.69) is 15.1 Å². The van der Waals surface area contributed by atoms with E-state index in [0.717, 1.165) is 42.0 Å². The van der Waals surface area contributed by atoms with Crippen LogP contribution < -0.4 is 5.56 Å². The molecule has 7 heteroatoms. The molecule has 0 radical (unpaired) electrons. The summed E-state index contributed by atoms with van der Waals surface area (Å²) in [7, 11) is 0. The van der Waals surface area contributed by atoms with Gasteiger partial charge in [0.15, 0.2) is 0 Å². The van der Waals surface area contributed by atoms with Gasteiger partial charge in [0.2, 0.25) is 5.91 Å². The van der Waals surface area contributed by atoms with Gasteiger partial charge in [-0.1, -0.05) is 0 Å². The summed E-state index contributed by atoms with van der Waals surface area (Å²) in [6.07, 6.45) is 2.16. The van der Waals surface area contributed by atoms with Gasteiger partial charge in [0.05, 0.1) is 11.4 Å². The normalized spacial score (nSPS) is 21.6. The zero-order chi connectivity index (χ0) is 18.4. The molecule has 1 aliphatic heterocycles. The summed E-state index contributed by atoms with van der Waals surface area (Å²) >= 11 is 0. The van der Waals surface area contributed by atoms with Crippen molar-refractivity contribution in [2.75, 3.05) is 13.1 Å². The third kappa shape index (κ3) is 2.95. The maximum Gasteiger partial charge on any atom is 0.254 e. The number of rotatable bonds is 3. The van der Waals surface area contributed by atoms with Crippen molar-refractivity contribution in [3.63, 3.8) is 0 Å². The quantitative estimate of drug-likeness (QED) is 0.904. The number of H-pyrrole nitrogens is 1. The van der Waals surface area contributed by atoms with Crippen molar-refractivity contribution in [1.82, 2.24) is 24.6 Å². The second-order valence-electron chi connectivity index (χ2n) is 7.62. The second-order valence-corrected chi connectivity index (χ2v) is 7.62. The highest BCUT2D eigenvalue weighted by molar-refractivity contribution is 5.76. The van der Waals surface area contributed by atoms with Gasteiger partial charge in [0.1, 0.15) is 5.82 Å². The standard InChI is InChI=1S/C19H25N5O2/c1-11-8-12(2)24(22-11)7-6-17(25)23-9-14-4-5-15-18(16(14)10-23)20-13(3)21-19(15)26/h8,14,16H,4-7,9-10H2,1-3H3,(H,20,21,26)/t14-,16+/m1/s1. The molecule has 1 saturated heterocycles. The zero-order valence-corrected chi connectivity index (χ0v) is 15.6. The summed E-state index contributed by atoms with van der Waals surface area (Å²) in [5.74, 6) is 1.42. The van der Waals surface area contributed by atoms with Gasteiger partial charge in [0, 0.05) is 43.2 Å². The monoisotopic (exact) mass is 355 g/mol. The minimum absolute atomic E-state index is 0.0137. The molecule has 1 N–H and O–H groups in total. The number of aromatic nitrogens is 4. The lowest BCUT2D eigenvalue weighted by Crippen LogP contribution is -2.30. The van der Waals surface area contributed by atoms with Crippen LogP contribution in [0.1, 0.15) is 47.2 Å². The van der Waals surface area contributed by atoms with E-state index in [1.165, 1.54) is 0 Å². The summed E-state index contributed by atoms with van der Waals surface area (Å²) < 4.78 is 1.90. The highest BCUT2D eigenvalue weighted by Gasteiger charge is 2.40. The van der Waals surface area contributed by atoms with Gasteiger partial charge >= 0.3 is 0 Å². The molecule has 1 aliphatic carbocycles. The molecule has 0 aromatic carbocycles. The van der Waals surface area contributed by atoms with Crippen molar-refractivity contribution in [2.45, 2.75) is 52.5 Å². The van der Waals surface area contributed by atoms with Crippen molar-refractivity contribution in [1.29, 1.82) is 0 Å². The first-order valence-electron chi connectivity index (χ1n) is 9.31. The number of carbonyl (C=O) groups is 1. The van der Waals surface area contributed by atoms with Gasteiger partial charge in [-0.15, -0.1) is 0 Å². The Labute approximate surface area is 152 Å². The average Bonchev–Trinajstić information content (AvgIpc) is 3.15. The van der Waals surface area contributed by atoms with Crippen LogP contribution in [-0.2, 0) is 17.8 Å². The highest BCUT2D eigenvalue weighted by Crippen LogP contribution is 2.39. The van der Waals surface area contributed by atoms with E-state index in [1.807, 2.05) is 36.4 Å². The first-order chi connectivity index (χ1) is 12.4. The van der Waals surface area contributed by atoms with Crippen LogP contribution in [0.5, 0.6) is 0 Å². The summed E-state index contributed by atoms with van der Waals surface area (Å²) in [5.41, 5.74) is 3.77. The van der Waals surface area contributed by atoms with Gasteiger partial charge in [0.25, 0.3) is 5.56 Å². The molecule has 1 amide bonds. The number of likely N-dealkylation sites (tertiary alicyclic amines) is 1. The topological polar surface area (TPSA) is 83.9 Å². The SMILES string of the molecule is Cc1cc(C)n(CCC(=O)N2C[C@H]3CCc4c(nc(C)[nH]c4=O)[C@H]3C2)n1. The fraction of sp³-hybridized carbons (Fsp3) is 0.579. The Morgan fingerprint density at radius 1 is 1.31 bits per heavy atom. The molecule has 0 saturated carbocycles. The summed E-state index contributed by atoms with van der Waals surface area (Å²) in [5, 5.41) is 4.43. The number of hydrogen-bond donors (Lipinski definition) is 1. The fourth-order valence-electron chi connectivity index (χ4n) is 4.45. The van der Waals surface area contributed by atoms with Gasteiger partial charge in [-0.05, 0) is 45.6 Å². The predicted molar refractivity (Wildman–Crippen MR) is 97.0 cm³/mol. The molecule has 0 bridgehead atoms. The minimum Gasteiger partial charge on any atom is -0.342 e. The Morgan fingerprint density at radius 3 is 2.85 bits per heavy atom.